The van der Waals surface area contributed by atoms with E-state index in [1.54, 1.807) is 24.3 Å². The molecule has 4 heteroatoms. The number of likely N-dealkylation sites (N-methyl/N-ethyl adjacent to an activating group) is 1. The summed E-state index contributed by atoms with van der Waals surface area (Å²) >= 11 is 0. The van der Waals surface area contributed by atoms with Gasteiger partial charge >= 0.3 is 0 Å². The number of hydrogen-bond acceptors (Lipinski definition) is 3. The minimum atomic E-state index is -0.222. The molecule has 3 aromatic carbocycles. The molecular formula is C24H22N2O2. The van der Waals surface area contributed by atoms with Crippen LogP contribution in [0.1, 0.15) is 37.8 Å². The molecule has 1 heterocycles. The average molecular weight is 370 g/mol. The molecule has 0 bridgehead atoms. The number of rotatable bonds is 6. The van der Waals surface area contributed by atoms with Crippen LogP contribution in [0.5, 0.6) is 0 Å². The van der Waals surface area contributed by atoms with E-state index in [2.05, 4.69) is 29.6 Å². The minimum Gasteiger partial charge on any atom is -0.314 e. The van der Waals surface area contributed by atoms with Crippen molar-refractivity contribution in [3.63, 3.8) is 0 Å². The van der Waals surface area contributed by atoms with Gasteiger partial charge in [-0.2, -0.15) is 0 Å². The summed E-state index contributed by atoms with van der Waals surface area (Å²) in [5.74, 6) is -0.432. The molecule has 0 spiro atoms. The van der Waals surface area contributed by atoms with Crippen molar-refractivity contribution in [3.05, 3.63) is 107 Å². The highest BCUT2D eigenvalue weighted by Crippen LogP contribution is 2.30. The fourth-order valence-corrected chi connectivity index (χ4v) is 3.94. The molecule has 1 N–H and O–H groups in total. The van der Waals surface area contributed by atoms with Crippen molar-refractivity contribution in [2.24, 2.45) is 0 Å². The molecule has 0 unspecified atom stereocenters. The standard InChI is InChI=1S/C24H22N2O2/c1-25-21(16-26-23(27)19-14-8-9-15-20(19)24(26)28)22(17-10-4-2-5-11-17)18-12-6-3-7-13-18/h2-15,21-22,25H,16H2,1H3/t21-/m0/s1. The van der Waals surface area contributed by atoms with Gasteiger partial charge in [0.2, 0.25) is 0 Å². The lowest BCUT2D eigenvalue weighted by atomic mass is 9.84. The third-order valence-electron chi connectivity index (χ3n) is 5.35. The van der Waals surface area contributed by atoms with Crippen molar-refractivity contribution in [1.82, 2.24) is 10.2 Å². The maximum absolute atomic E-state index is 12.8. The second kappa shape index (κ2) is 7.79. The Morgan fingerprint density at radius 3 is 1.57 bits per heavy atom. The van der Waals surface area contributed by atoms with Gasteiger partial charge in [0.05, 0.1) is 11.1 Å². The number of carbonyl (C=O) groups is 2. The molecule has 1 aliphatic rings. The molecular weight excluding hydrogens is 348 g/mol. The van der Waals surface area contributed by atoms with Crippen LogP contribution >= 0.6 is 0 Å². The van der Waals surface area contributed by atoms with Gasteiger partial charge in [-0.25, -0.2) is 0 Å². The second-order valence-electron chi connectivity index (χ2n) is 6.96. The highest BCUT2D eigenvalue weighted by Gasteiger charge is 2.38. The highest BCUT2D eigenvalue weighted by molar-refractivity contribution is 6.21. The van der Waals surface area contributed by atoms with Gasteiger partial charge in [-0.05, 0) is 30.3 Å². The molecule has 28 heavy (non-hydrogen) atoms. The molecule has 3 aromatic rings. The van der Waals surface area contributed by atoms with Crippen LogP contribution in [-0.4, -0.2) is 36.3 Å². The van der Waals surface area contributed by atoms with Crippen LogP contribution < -0.4 is 5.32 Å². The molecule has 0 saturated heterocycles. The lowest BCUT2D eigenvalue weighted by Crippen LogP contribution is -2.45. The zero-order valence-electron chi connectivity index (χ0n) is 15.7. The number of hydrogen-bond donors (Lipinski definition) is 1. The van der Waals surface area contributed by atoms with Gasteiger partial charge in [0.15, 0.2) is 0 Å². The molecule has 1 aliphatic heterocycles. The Labute approximate surface area is 164 Å². The van der Waals surface area contributed by atoms with Crippen LogP contribution in [0.15, 0.2) is 84.9 Å². The zero-order valence-corrected chi connectivity index (χ0v) is 15.7. The Kier molecular flexibility index (Phi) is 5.04. The summed E-state index contributed by atoms with van der Waals surface area (Å²) in [6, 6.07) is 27.3. The van der Waals surface area contributed by atoms with Gasteiger partial charge in [0.25, 0.3) is 11.8 Å². The van der Waals surface area contributed by atoms with Crippen LogP contribution in [0, 0.1) is 0 Å². The van der Waals surface area contributed by atoms with E-state index in [-0.39, 0.29) is 23.8 Å². The summed E-state index contributed by atoms with van der Waals surface area (Å²) in [4.78, 5) is 27.0. The van der Waals surface area contributed by atoms with E-state index in [9.17, 15) is 9.59 Å². The van der Waals surface area contributed by atoms with Crippen molar-refractivity contribution < 1.29 is 9.59 Å². The van der Waals surface area contributed by atoms with E-state index in [0.717, 1.165) is 11.1 Å². The number of carbonyl (C=O) groups excluding carboxylic acids is 2. The zero-order chi connectivity index (χ0) is 19.5. The molecule has 140 valence electrons. The first kappa shape index (κ1) is 18.1. The SMILES string of the molecule is CN[C@@H](CN1C(=O)c2ccccc2C1=O)C(c1ccccc1)c1ccccc1. The summed E-state index contributed by atoms with van der Waals surface area (Å²) in [6.07, 6.45) is 0. The Balaban J connectivity index is 1.68. The van der Waals surface area contributed by atoms with E-state index >= 15 is 0 Å². The monoisotopic (exact) mass is 370 g/mol. The predicted molar refractivity (Wildman–Crippen MR) is 109 cm³/mol. The van der Waals surface area contributed by atoms with E-state index in [1.807, 2.05) is 43.4 Å². The molecule has 0 aromatic heterocycles. The van der Waals surface area contributed by atoms with Gasteiger partial charge in [0.1, 0.15) is 0 Å². The van der Waals surface area contributed by atoms with Crippen LogP contribution in [0.25, 0.3) is 0 Å². The average Bonchev–Trinajstić information content (AvgIpc) is 2.99. The summed E-state index contributed by atoms with van der Waals surface area (Å²) in [6.45, 7) is 0.303. The van der Waals surface area contributed by atoms with Gasteiger partial charge in [-0.1, -0.05) is 72.8 Å². The number of nitrogens with one attached hydrogen (secondary N) is 1. The largest absolute Gasteiger partial charge is 0.314 e. The summed E-state index contributed by atoms with van der Waals surface area (Å²) < 4.78 is 0. The van der Waals surface area contributed by atoms with Crippen LogP contribution in [-0.2, 0) is 0 Å². The summed E-state index contributed by atoms with van der Waals surface area (Å²) in [5.41, 5.74) is 3.26. The fraction of sp³-hybridized carbons (Fsp3) is 0.167. The fourth-order valence-electron chi connectivity index (χ4n) is 3.94. The van der Waals surface area contributed by atoms with Crippen LogP contribution in [0.3, 0.4) is 0 Å². The lowest BCUT2D eigenvalue weighted by molar-refractivity contribution is 0.0636. The van der Waals surface area contributed by atoms with Crippen molar-refractivity contribution in [1.29, 1.82) is 0 Å². The number of benzene rings is 3. The molecule has 2 amide bonds. The van der Waals surface area contributed by atoms with Crippen molar-refractivity contribution >= 4 is 11.8 Å². The first-order valence-electron chi connectivity index (χ1n) is 9.43. The number of fused-ring (bicyclic) bond motifs is 1. The Morgan fingerprint density at radius 1 is 0.714 bits per heavy atom. The number of imide groups is 1. The quantitative estimate of drug-likeness (QED) is 0.673. The van der Waals surface area contributed by atoms with E-state index in [0.29, 0.717) is 17.7 Å². The van der Waals surface area contributed by atoms with Crippen LogP contribution in [0.2, 0.25) is 0 Å². The minimum absolute atomic E-state index is 0.0108. The first-order valence-corrected chi connectivity index (χ1v) is 9.43. The third-order valence-corrected chi connectivity index (χ3v) is 5.35. The van der Waals surface area contributed by atoms with E-state index in [1.165, 1.54) is 4.90 Å². The molecule has 0 saturated carbocycles. The van der Waals surface area contributed by atoms with Crippen LogP contribution in [0.4, 0.5) is 0 Å². The Morgan fingerprint density at radius 2 is 1.14 bits per heavy atom. The number of nitrogens with zero attached hydrogens (tertiary/aromatic N) is 1. The number of amides is 2. The molecule has 1 atom stereocenters. The predicted octanol–water partition coefficient (Wildman–Crippen LogP) is 3.70. The Hall–Kier alpha value is -3.24. The molecule has 0 aliphatic carbocycles. The first-order chi connectivity index (χ1) is 13.7. The third kappa shape index (κ3) is 3.23. The molecule has 4 nitrogen and oxygen atoms in total. The molecule has 4 rings (SSSR count). The van der Waals surface area contributed by atoms with Crippen molar-refractivity contribution in [2.45, 2.75) is 12.0 Å². The second-order valence-corrected chi connectivity index (χ2v) is 6.96. The Bertz CT molecular complexity index is 911. The van der Waals surface area contributed by atoms with E-state index < -0.39 is 0 Å². The highest BCUT2D eigenvalue weighted by atomic mass is 16.2. The normalized spacial score (nSPS) is 14.4. The van der Waals surface area contributed by atoms with Crippen molar-refractivity contribution in [2.75, 3.05) is 13.6 Å². The summed E-state index contributed by atoms with van der Waals surface area (Å²) in [7, 11) is 1.88. The maximum Gasteiger partial charge on any atom is 0.261 e. The van der Waals surface area contributed by atoms with Gasteiger partial charge in [-0.3, -0.25) is 14.5 Å². The van der Waals surface area contributed by atoms with Gasteiger partial charge in [0, 0.05) is 18.5 Å². The van der Waals surface area contributed by atoms with Crippen molar-refractivity contribution in [3.8, 4) is 0 Å². The summed E-state index contributed by atoms with van der Waals surface area (Å²) in [5, 5.41) is 3.35. The van der Waals surface area contributed by atoms with E-state index in [4.69, 9.17) is 0 Å². The van der Waals surface area contributed by atoms with Gasteiger partial charge in [-0.15, -0.1) is 0 Å². The molecule has 0 fully saturated rings. The lowest BCUT2D eigenvalue weighted by Gasteiger charge is -2.30. The molecule has 0 radical (unpaired) electrons. The maximum atomic E-state index is 12.8. The van der Waals surface area contributed by atoms with Gasteiger partial charge < -0.3 is 5.32 Å². The topological polar surface area (TPSA) is 49.4 Å². The smallest absolute Gasteiger partial charge is 0.261 e.